The van der Waals surface area contributed by atoms with E-state index in [1.807, 2.05) is 6.07 Å². The number of para-hydroxylation sites is 1. The Hall–Kier alpha value is -2.87. The molecule has 7 nitrogen and oxygen atoms in total. The number of hydrogen-bond acceptors (Lipinski definition) is 5. The van der Waals surface area contributed by atoms with Crippen LogP contribution in [-0.2, 0) is 26.0 Å². The Kier molecular flexibility index (Phi) is 5.18. The minimum atomic E-state index is -3.34. The molecular formula is C19H20N2O5S. The number of fused-ring (bicyclic) bond motifs is 1. The summed E-state index contributed by atoms with van der Waals surface area (Å²) in [7, 11) is -3.34. The molecule has 1 N–H and O–H groups in total. The van der Waals surface area contributed by atoms with Crippen LogP contribution in [-0.4, -0.2) is 39.2 Å². The second-order valence-corrected chi connectivity index (χ2v) is 8.24. The molecule has 0 saturated carbocycles. The lowest BCUT2D eigenvalue weighted by Crippen LogP contribution is -2.30. The molecular weight excluding hydrogens is 368 g/mol. The van der Waals surface area contributed by atoms with Crippen LogP contribution >= 0.6 is 0 Å². The number of anilines is 2. The second-order valence-electron chi connectivity index (χ2n) is 6.33. The molecule has 0 fully saturated rings. The topological polar surface area (TPSA) is 92.8 Å². The Morgan fingerprint density at radius 3 is 2.52 bits per heavy atom. The van der Waals surface area contributed by atoms with E-state index in [0.717, 1.165) is 11.8 Å². The molecule has 0 bridgehead atoms. The van der Waals surface area contributed by atoms with E-state index < -0.39 is 28.0 Å². The SMILES string of the molecule is C[C@H](OC(=O)c1ccc2c(c1)CCN2S(C)(=O)=O)C(=O)Nc1ccccc1. The number of carbonyl (C=O) groups is 2. The Bertz CT molecular complexity index is 973. The van der Waals surface area contributed by atoms with Gasteiger partial charge in [0, 0.05) is 12.2 Å². The van der Waals surface area contributed by atoms with E-state index in [-0.39, 0.29) is 5.56 Å². The molecule has 1 heterocycles. The summed E-state index contributed by atoms with van der Waals surface area (Å²) in [5.41, 5.74) is 2.23. The lowest BCUT2D eigenvalue weighted by atomic mass is 10.1. The fourth-order valence-electron chi connectivity index (χ4n) is 2.89. The van der Waals surface area contributed by atoms with E-state index in [2.05, 4.69) is 5.32 Å². The molecule has 1 amide bonds. The van der Waals surface area contributed by atoms with Crippen LogP contribution in [0.15, 0.2) is 48.5 Å². The maximum atomic E-state index is 12.4. The van der Waals surface area contributed by atoms with Gasteiger partial charge in [-0.05, 0) is 49.2 Å². The van der Waals surface area contributed by atoms with Crippen molar-refractivity contribution in [3.05, 3.63) is 59.7 Å². The summed E-state index contributed by atoms with van der Waals surface area (Å²) in [5.74, 6) is -1.06. The quantitative estimate of drug-likeness (QED) is 0.793. The highest BCUT2D eigenvalue weighted by atomic mass is 32.2. The van der Waals surface area contributed by atoms with Gasteiger partial charge in [-0.25, -0.2) is 13.2 Å². The largest absolute Gasteiger partial charge is 0.449 e. The summed E-state index contributed by atoms with van der Waals surface area (Å²) in [6, 6.07) is 13.6. The minimum absolute atomic E-state index is 0.281. The van der Waals surface area contributed by atoms with Crippen molar-refractivity contribution in [1.29, 1.82) is 0 Å². The van der Waals surface area contributed by atoms with Crippen molar-refractivity contribution in [3.8, 4) is 0 Å². The van der Waals surface area contributed by atoms with Crippen LogP contribution in [0, 0.1) is 0 Å². The van der Waals surface area contributed by atoms with Gasteiger partial charge in [-0.1, -0.05) is 18.2 Å². The van der Waals surface area contributed by atoms with Crippen molar-refractivity contribution in [2.75, 3.05) is 22.4 Å². The average molecular weight is 388 g/mol. The zero-order chi connectivity index (χ0) is 19.6. The first kappa shape index (κ1) is 18.9. The van der Waals surface area contributed by atoms with E-state index in [1.54, 1.807) is 36.4 Å². The Morgan fingerprint density at radius 1 is 1.15 bits per heavy atom. The van der Waals surface area contributed by atoms with Crippen molar-refractivity contribution >= 4 is 33.3 Å². The first-order valence-electron chi connectivity index (χ1n) is 8.43. The molecule has 1 aliphatic rings. The van der Waals surface area contributed by atoms with Crippen molar-refractivity contribution < 1.29 is 22.7 Å². The third kappa shape index (κ3) is 4.28. The minimum Gasteiger partial charge on any atom is -0.449 e. The molecule has 1 atom stereocenters. The summed E-state index contributed by atoms with van der Waals surface area (Å²) in [5, 5.41) is 2.67. The number of amides is 1. The monoisotopic (exact) mass is 388 g/mol. The van der Waals surface area contributed by atoms with Crippen LogP contribution in [0.4, 0.5) is 11.4 Å². The fourth-order valence-corrected chi connectivity index (χ4v) is 3.85. The fraction of sp³-hybridized carbons (Fsp3) is 0.263. The molecule has 0 unspecified atom stereocenters. The number of benzene rings is 2. The maximum absolute atomic E-state index is 12.4. The van der Waals surface area contributed by atoms with Crippen LogP contribution in [0.2, 0.25) is 0 Å². The number of nitrogens with zero attached hydrogens (tertiary/aromatic N) is 1. The van der Waals surface area contributed by atoms with Gasteiger partial charge in [-0.2, -0.15) is 0 Å². The molecule has 2 aromatic rings. The van der Waals surface area contributed by atoms with Crippen LogP contribution in [0.25, 0.3) is 0 Å². The lowest BCUT2D eigenvalue weighted by molar-refractivity contribution is -0.123. The smallest absolute Gasteiger partial charge is 0.338 e. The highest BCUT2D eigenvalue weighted by Crippen LogP contribution is 2.30. The Balaban J connectivity index is 1.67. The number of sulfonamides is 1. The van der Waals surface area contributed by atoms with Crippen LogP contribution < -0.4 is 9.62 Å². The van der Waals surface area contributed by atoms with Crippen LogP contribution in [0.1, 0.15) is 22.8 Å². The molecule has 27 heavy (non-hydrogen) atoms. The number of hydrogen-bond donors (Lipinski definition) is 1. The van der Waals surface area contributed by atoms with Crippen LogP contribution in [0.3, 0.4) is 0 Å². The number of nitrogens with one attached hydrogen (secondary N) is 1. The van der Waals surface area contributed by atoms with Gasteiger partial charge in [0.1, 0.15) is 0 Å². The van der Waals surface area contributed by atoms with Gasteiger partial charge in [-0.15, -0.1) is 0 Å². The summed E-state index contributed by atoms with van der Waals surface area (Å²) in [4.78, 5) is 24.5. The van der Waals surface area contributed by atoms with Gasteiger partial charge in [0.05, 0.1) is 17.5 Å². The number of rotatable bonds is 5. The first-order chi connectivity index (χ1) is 12.8. The molecule has 8 heteroatoms. The molecule has 0 aliphatic carbocycles. The van der Waals surface area contributed by atoms with E-state index >= 15 is 0 Å². The third-order valence-electron chi connectivity index (χ3n) is 4.26. The van der Waals surface area contributed by atoms with Gasteiger partial charge in [0.25, 0.3) is 5.91 Å². The molecule has 0 aromatic heterocycles. The Labute approximate surface area is 158 Å². The highest BCUT2D eigenvalue weighted by Gasteiger charge is 2.27. The average Bonchev–Trinajstić information content (AvgIpc) is 3.06. The first-order valence-corrected chi connectivity index (χ1v) is 10.3. The number of carbonyl (C=O) groups excluding carboxylic acids is 2. The predicted octanol–water partition coefficient (Wildman–Crippen LogP) is 2.19. The molecule has 2 aromatic carbocycles. The molecule has 0 spiro atoms. The molecule has 3 rings (SSSR count). The lowest BCUT2D eigenvalue weighted by Gasteiger charge is -2.17. The molecule has 0 radical (unpaired) electrons. The maximum Gasteiger partial charge on any atom is 0.338 e. The number of esters is 1. The van der Waals surface area contributed by atoms with Crippen molar-refractivity contribution in [2.45, 2.75) is 19.4 Å². The van der Waals surface area contributed by atoms with Gasteiger partial charge in [-0.3, -0.25) is 9.10 Å². The zero-order valence-electron chi connectivity index (χ0n) is 15.0. The van der Waals surface area contributed by atoms with Gasteiger partial charge >= 0.3 is 5.97 Å². The Morgan fingerprint density at radius 2 is 1.85 bits per heavy atom. The molecule has 0 saturated heterocycles. The predicted molar refractivity (Wildman–Crippen MR) is 102 cm³/mol. The zero-order valence-corrected chi connectivity index (χ0v) is 15.8. The second kappa shape index (κ2) is 7.40. The van der Waals surface area contributed by atoms with E-state index in [4.69, 9.17) is 4.74 Å². The normalized spacial score (nSPS) is 14.4. The standard InChI is InChI=1S/C19H20N2O5S/c1-13(18(22)20-16-6-4-3-5-7-16)26-19(23)15-8-9-17-14(12-15)10-11-21(17)27(2,24)25/h3-9,12-13H,10-11H2,1-2H3,(H,20,22)/t13-/m0/s1. The van der Waals surface area contributed by atoms with Crippen LogP contribution in [0.5, 0.6) is 0 Å². The third-order valence-corrected chi connectivity index (χ3v) is 5.44. The highest BCUT2D eigenvalue weighted by molar-refractivity contribution is 7.92. The van der Waals surface area contributed by atoms with E-state index in [1.165, 1.54) is 17.3 Å². The number of ether oxygens (including phenoxy) is 1. The summed E-state index contributed by atoms with van der Waals surface area (Å²) in [6.45, 7) is 1.84. The molecule has 1 aliphatic heterocycles. The van der Waals surface area contributed by atoms with Crippen molar-refractivity contribution in [1.82, 2.24) is 0 Å². The summed E-state index contributed by atoms with van der Waals surface area (Å²) >= 11 is 0. The van der Waals surface area contributed by atoms with Gasteiger partial charge in [0.15, 0.2) is 6.10 Å². The van der Waals surface area contributed by atoms with Crippen molar-refractivity contribution in [3.63, 3.8) is 0 Å². The molecule has 142 valence electrons. The summed E-state index contributed by atoms with van der Waals surface area (Å²) in [6.07, 6.45) is 0.698. The summed E-state index contributed by atoms with van der Waals surface area (Å²) < 4.78 is 30.1. The van der Waals surface area contributed by atoms with Crippen molar-refractivity contribution in [2.24, 2.45) is 0 Å². The van der Waals surface area contributed by atoms with Gasteiger partial charge < -0.3 is 10.1 Å². The van der Waals surface area contributed by atoms with E-state index in [0.29, 0.717) is 24.3 Å². The van der Waals surface area contributed by atoms with E-state index in [9.17, 15) is 18.0 Å². The van der Waals surface area contributed by atoms with Gasteiger partial charge in [0.2, 0.25) is 10.0 Å².